The Balaban J connectivity index is -0.000000429. The maximum Gasteiger partial charge on any atom is 0.243 e. The first-order valence-corrected chi connectivity index (χ1v) is 20.0. The Morgan fingerprint density at radius 3 is 1.60 bits per heavy atom. The van der Waals surface area contributed by atoms with Crippen LogP contribution in [0.2, 0.25) is 0 Å². The van der Waals surface area contributed by atoms with Gasteiger partial charge < -0.3 is 59.6 Å². The van der Waals surface area contributed by atoms with Crippen LogP contribution in [0.1, 0.15) is 80.2 Å². The smallest absolute Gasteiger partial charge is 0.243 e. The van der Waals surface area contributed by atoms with Gasteiger partial charge >= 0.3 is 0 Å². The molecule has 2 aromatic carbocycles. The van der Waals surface area contributed by atoms with E-state index in [0.29, 0.717) is 12.7 Å². The van der Waals surface area contributed by atoms with Crippen molar-refractivity contribution < 1.29 is 38.4 Å². The number of carbonyl (C=O) groups excluding carboxylic acids is 8. The molecule has 2 aromatic rings. The minimum atomic E-state index is -1.17. The van der Waals surface area contributed by atoms with Gasteiger partial charge in [-0.15, -0.1) is 0 Å². The summed E-state index contributed by atoms with van der Waals surface area (Å²) in [6.07, 6.45) is 3.11. The number of nitrogens with one attached hydrogen (secondary N) is 6. The number of hydrogen-bond acceptors (Lipinski definition) is 11. The van der Waals surface area contributed by atoms with E-state index in [-0.39, 0.29) is 44.9 Å². The summed E-state index contributed by atoms with van der Waals surface area (Å²) in [5, 5.41) is 14.4. The van der Waals surface area contributed by atoms with Gasteiger partial charge in [0, 0.05) is 13.0 Å². The van der Waals surface area contributed by atoms with Crippen molar-refractivity contribution in [3.05, 3.63) is 60.2 Å². The molecule has 0 saturated heterocycles. The Hall–Kier alpha value is -5.72. The molecule has 0 bridgehead atoms. The van der Waals surface area contributed by atoms with Gasteiger partial charge in [0.1, 0.15) is 18.4 Å². The van der Waals surface area contributed by atoms with Crippen LogP contribution < -0.4 is 54.8 Å². The molecule has 340 valence electrons. The quantitative estimate of drug-likeness (QED) is 0.0814. The molecule has 0 radical (unpaired) electrons. The van der Waals surface area contributed by atoms with E-state index in [2.05, 4.69) is 73.4 Å². The topological polar surface area (TPSA) is 313 Å². The van der Waals surface area contributed by atoms with Gasteiger partial charge in [0.25, 0.3) is 0 Å². The third-order valence-corrected chi connectivity index (χ3v) is 6.40. The van der Waals surface area contributed by atoms with Crippen molar-refractivity contribution in [3.63, 3.8) is 0 Å². The van der Waals surface area contributed by atoms with Crippen molar-refractivity contribution in [1.82, 2.24) is 31.9 Å². The average Bonchev–Trinajstić information content (AvgIpc) is 3.22. The third-order valence-electron chi connectivity index (χ3n) is 6.40. The zero-order valence-electron chi connectivity index (χ0n) is 37.1. The second-order valence-electron chi connectivity index (χ2n) is 13.1. The lowest BCUT2D eigenvalue weighted by Crippen LogP contribution is -2.53. The van der Waals surface area contributed by atoms with E-state index < -0.39 is 47.7 Å². The molecule has 0 spiro atoms. The van der Waals surface area contributed by atoms with Gasteiger partial charge in [-0.05, 0) is 42.6 Å². The lowest BCUT2D eigenvalue weighted by atomic mass is 10.00. The van der Waals surface area contributed by atoms with Gasteiger partial charge in [-0.1, -0.05) is 116 Å². The van der Waals surface area contributed by atoms with E-state index in [0.717, 1.165) is 35.6 Å². The molecule has 0 aliphatic carbocycles. The first kappa shape index (κ1) is 61.0. The minimum absolute atomic E-state index is 0.0472. The molecule has 14 N–H and O–H groups in total. The molecule has 0 aliphatic rings. The van der Waals surface area contributed by atoms with Crippen molar-refractivity contribution in [2.24, 2.45) is 28.9 Å². The minimum Gasteiger partial charge on any atom is -0.370 e. The first-order chi connectivity index (χ1) is 28.5. The largest absolute Gasteiger partial charge is 0.370 e. The summed E-state index contributed by atoms with van der Waals surface area (Å²) in [7, 11) is 1.58. The summed E-state index contributed by atoms with van der Waals surface area (Å²) in [5.41, 5.74) is 23.3. The molecular formula is C42H74N10O8. The molecule has 0 saturated carbocycles. The zero-order chi connectivity index (χ0) is 46.9. The van der Waals surface area contributed by atoms with Gasteiger partial charge in [-0.2, -0.15) is 0 Å². The molecule has 60 heavy (non-hydrogen) atoms. The molecule has 2 rings (SSSR count). The number of benzene rings is 2. The summed E-state index contributed by atoms with van der Waals surface area (Å²) in [4.78, 5) is 89.7. The highest BCUT2D eigenvalue weighted by Gasteiger charge is 2.23. The maximum atomic E-state index is 12.5. The van der Waals surface area contributed by atoms with Crippen LogP contribution in [0.25, 0.3) is 11.1 Å². The first-order valence-electron chi connectivity index (χ1n) is 20.0. The second-order valence-corrected chi connectivity index (χ2v) is 13.1. The highest BCUT2D eigenvalue weighted by molar-refractivity contribution is 5.92. The lowest BCUT2D eigenvalue weighted by molar-refractivity contribution is -0.130. The van der Waals surface area contributed by atoms with Crippen molar-refractivity contribution in [3.8, 4) is 11.1 Å². The average molecular weight is 847 g/mol. The van der Waals surface area contributed by atoms with Crippen molar-refractivity contribution in [2.45, 2.75) is 99.2 Å². The maximum absolute atomic E-state index is 12.5. The third kappa shape index (κ3) is 36.6. The van der Waals surface area contributed by atoms with E-state index in [4.69, 9.17) is 22.9 Å². The van der Waals surface area contributed by atoms with Gasteiger partial charge in [-0.3, -0.25) is 33.6 Å². The Bertz CT molecular complexity index is 1460. The standard InChI is InChI=1S/C21H24N4O4.C9H17N5O4.C4H10.C3H9N.C3H8.C2H6/c22-11-18(13-26)24-21(29)19(25-20(28)12-23-14-27)10-15-6-8-17(9-7-15)16-4-2-1-3-5-16;1-12-3-7(16)13-4-8(17)14-5(9(11)18)2-6(10)15;1-4(2)3;1-2-3-4;1-3-2;1-2/h1-9,13-14,18-19H,10-12,22H2,(H,23,27)(H,24,29)(H,25,28);5,12H,2-4H2,1H3,(H2,10,15)(H2,11,18)(H,13,16)(H,14,17);4H,1-3H3;2-4H2,1H3;3H2,1-2H3;1-2H3. The Morgan fingerprint density at radius 2 is 1.18 bits per heavy atom. The van der Waals surface area contributed by atoms with Crippen LogP contribution in [-0.2, 0) is 44.8 Å². The van der Waals surface area contributed by atoms with E-state index >= 15 is 0 Å². The Kier molecular flexibility index (Phi) is 42.1. The summed E-state index contributed by atoms with van der Waals surface area (Å²) >= 11 is 0. The second kappa shape index (κ2) is 41.4. The van der Waals surface area contributed by atoms with Gasteiger partial charge in [-0.25, -0.2) is 0 Å². The van der Waals surface area contributed by atoms with Crippen molar-refractivity contribution in [1.29, 1.82) is 0 Å². The summed E-state index contributed by atoms with van der Waals surface area (Å²) in [6.45, 7) is 17.1. The van der Waals surface area contributed by atoms with Crippen LogP contribution >= 0.6 is 0 Å². The Labute approximate surface area is 356 Å². The molecular weight excluding hydrogens is 773 g/mol. The van der Waals surface area contributed by atoms with E-state index in [1.807, 2.05) is 68.4 Å². The fourth-order valence-electron chi connectivity index (χ4n) is 3.79. The van der Waals surface area contributed by atoms with Gasteiger partial charge in [0.05, 0.1) is 32.1 Å². The molecule has 0 heterocycles. The molecule has 0 aliphatic heterocycles. The van der Waals surface area contributed by atoms with Crippen molar-refractivity contribution >= 4 is 48.1 Å². The number of aldehydes is 1. The molecule has 18 nitrogen and oxygen atoms in total. The van der Waals surface area contributed by atoms with Crippen LogP contribution in [0, 0.1) is 5.92 Å². The summed E-state index contributed by atoms with van der Waals surface area (Å²) in [5.74, 6) is -2.86. The van der Waals surface area contributed by atoms with E-state index in [1.165, 1.54) is 6.42 Å². The number of primary amides is 2. The van der Waals surface area contributed by atoms with Crippen molar-refractivity contribution in [2.75, 3.05) is 39.8 Å². The molecule has 18 heteroatoms. The van der Waals surface area contributed by atoms with Crippen LogP contribution in [0.4, 0.5) is 0 Å². The normalized spacial score (nSPS) is 10.9. The number of nitrogens with two attached hydrogens (primary N) is 4. The number of likely N-dealkylation sites (N-methyl/N-ethyl adjacent to an activating group) is 1. The predicted molar refractivity (Wildman–Crippen MR) is 238 cm³/mol. The predicted octanol–water partition coefficient (Wildman–Crippen LogP) is 0.397. The highest BCUT2D eigenvalue weighted by Crippen LogP contribution is 2.19. The highest BCUT2D eigenvalue weighted by atomic mass is 16.2. The van der Waals surface area contributed by atoms with E-state index in [1.54, 1.807) is 7.05 Å². The SMILES string of the molecule is CC.CC(C)C.CCC.CCCN.CNCC(=O)NCC(=O)NC(CC(N)=O)C(N)=O.NCC(C=O)NC(=O)C(Cc1ccc(-c2ccccc2)cc1)NC(=O)CNC=O. The van der Waals surface area contributed by atoms with Crippen LogP contribution in [0.3, 0.4) is 0 Å². The molecule has 7 amide bonds. The van der Waals surface area contributed by atoms with E-state index in [9.17, 15) is 38.4 Å². The number of carbonyl (C=O) groups is 8. The summed E-state index contributed by atoms with van der Waals surface area (Å²) < 4.78 is 0. The van der Waals surface area contributed by atoms with Crippen LogP contribution in [0.5, 0.6) is 0 Å². The Morgan fingerprint density at radius 1 is 0.700 bits per heavy atom. The van der Waals surface area contributed by atoms with Gasteiger partial charge in [0.2, 0.25) is 41.9 Å². The molecule has 0 fully saturated rings. The monoisotopic (exact) mass is 847 g/mol. The van der Waals surface area contributed by atoms with Crippen LogP contribution in [0.15, 0.2) is 54.6 Å². The fourth-order valence-corrected chi connectivity index (χ4v) is 3.79. The number of amides is 7. The summed E-state index contributed by atoms with van der Waals surface area (Å²) in [6, 6.07) is 14.5. The van der Waals surface area contributed by atoms with Gasteiger partial charge in [0.15, 0.2) is 0 Å². The molecule has 0 aromatic heterocycles. The fraction of sp³-hybridized carbons (Fsp3) is 0.524. The van der Waals surface area contributed by atoms with Crippen LogP contribution in [-0.4, -0.2) is 106 Å². The molecule has 3 unspecified atom stereocenters. The number of rotatable bonds is 20. The zero-order valence-corrected chi connectivity index (χ0v) is 37.1. The molecule has 3 atom stereocenters. The lowest BCUT2D eigenvalue weighted by Gasteiger charge is -2.20. The number of hydrogen-bond donors (Lipinski definition) is 10.